The number of anilines is 1. The molecule has 3 rings (SSSR count). The predicted octanol–water partition coefficient (Wildman–Crippen LogP) is 5.01. The highest BCUT2D eigenvalue weighted by Gasteiger charge is 2.32. The lowest BCUT2D eigenvalue weighted by Gasteiger charge is -2.41. The number of amides is 1. The summed E-state index contributed by atoms with van der Waals surface area (Å²) in [6.45, 7) is 12.8. The summed E-state index contributed by atoms with van der Waals surface area (Å²) in [6, 6.07) is 4.40. The number of rotatable bonds is 3. The molecule has 0 bridgehead atoms. The molecule has 2 aliphatic heterocycles. The SMILES string of the molecule is C=CCN1C(=O)/C(=C\c2cc3c(cc2C)N(C)C(C)(C)C=C3C)SC1=S. The number of carbonyl (C=O) groups excluding carboxylic acids is 1. The Labute approximate surface area is 165 Å². The van der Waals surface area contributed by atoms with Gasteiger partial charge in [0.25, 0.3) is 5.91 Å². The number of thiocarbonyl (C=S) groups is 1. The molecule has 1 amide bonds. The van der Waals surface area contributed by atoms with E-state index in [0.717, 1.165) is 11.1 Å². The summed E-state index contributed by atoms with van der Waals surface area (Å²) in [4.78, 5) is 17.2. The van der Waals surface area contributed by atoms with E-state index in [-0.39, 0.29) is 11.4 Å². The Morgan fingerprint density at radius 1 is 1.31 bits per heavy atom. The van der Waals surface area contributed by atoms with Gasteiger partial charge < -0.3 is 4.90 Å². The van der Waals surface area contributed by atoms with Crippen LogP contribution in [0.15, 0.2) is 35.8 Å². The minimum absolute atomic E-state index is 0.0157. The lowest BCUT2D eigenvalue weighted by molar-refractivity contribution is -0.121. The minimum Gasteiger partial charge on any atom is -0.365 e. The first-order valence-electron chi connectivity index (χ1n) is 8.60. The monoisotopic (exact) mass is 384 g/mol. The number of likely N-dealkylation sites (N-methyl/N-ethyl adjacent to an activating group) is 1. The third-order valence-corrected chi connectivity index (χ3v) is 6.45. The van der Waals surface area contributed by atoms with Gasteiger partial charge in [0.1, 0.15) is 4.32 Å². The van der Waals surface area contributed by atoms with Gasteiger partial charge in [0, 0.05) is 24.8 Å². The van der Waals surface area contributed by atoms with Gasteiger partial charge in [0.15, 0.2) is 0 Å². The van der Waals surface area contributed by atoms with Gasteiger partial charge in [-0.3, -0.25) is 9.69 Å². The topological polar surface area (TPSA) is 23.6 Å². The van der Waals surface area contributed by atoms with E-state index in [4.69, 9.17) is 12.2 Å². The zero-order valence-corrected chi connectivity index (χ0v) is 17.6. The van der Waals surface area contributed by atoms with Gasteiger partial charge in [-0.05, 0) is 62.6 Å². The van der Waals surface area contributed by atoms with Crippen molar-refractivity contribution in [2.24, 2.45) is 0 Å². The highest BCUT2D eigenvalue weighted by molar-refractivity contribution is 8.26. The van der Waals surface area contributed by atoms with Crippen molar-refractivity contribution in [2.45, 2.75) is 33.2 Å². The van der Waals surface area contributed by atoms with E-state index in [0.29, 0.717) is 15.8 Å². The Kier molecular flexibility index (Phi) is 4.88. The molecule has 2 aliphatic rings. The van der Waals surface area contributed by atoms with Crippen LogP contribution >= 0.6 is 24.0 Å². The summed E-state index contributed by atoms with van der Waals surface area (Å²) in [7, 11) is 2.13. The molecule has 0 unspecified atom stereocenters. The Balaban J connectivity index is 2.04. The van der Waals surface area contributed by atoms with Crippen LogP contribution in [0.25, 0.3) is 11.6 Å². The van der Waals surface area contributed by atoms with Crippen LogP contribution in [0.4, 0.5) is 5.69 Å². The Morgan fingerprint density at radius 3 is 2.65 bits per heavy atom. The van der Waals surface area contributed by atoms with Crippen LogP contribution in [0.1, 0.15) is 37.5 Å². The van der Waals surface area contributed by atoms with E-state index < -0.39 is 0 Å². The normalized spacial score (nSPS) is 20.5. The maximum Gasteiger partial charge on any atom is 0.266 e. The van der Waals surface area contributed by atoms with E-state index in [1.165, 1.54) is 28.6 Å². The number of benzene rings is 1. The number of carbonyl (C=O) groups is 1. The molecule has 3 nitrogen and oxygen atoms in total. The third-order valence-electron chi connectivity index (χ3n) is 5.08. The summed E-state index contributed by atoms with van der Waals surface area (Å²) in [5.74, 6) is -0.0393. The van der Waals surface area contributed by atoms with Crippen LogP contribution in [0.5, 0.6) is 0 Å². The maximum atomic E-state index is 12.6. The van der Waals surface area contributed by atoms with E-state index in [9.17, 15) is 4.79 Å². The number of nitrogens with zero attached hydrogens (tertiary/aromatic N) is 2. The van der Waals surface area contributed by atoms with E-state index in [1.807, 2.05) is 6.08 Å². The molecule has 1 saturated heterocycles. The number of hydrogen-bond donors (Lipinski definition) is 0. The summed E-state index contributed by atoms with van der Waals surface area (Å²) in [6.07, 6.45) is 5.95. The van der Waals surface area contributed by atoms with Gasteiger partial charge in [-0.2, -0.15) is 0 Å². The zero-order chi connectivity index (χ0) is 19.2. The molecule has 1 aromatic carbocycles. The molecule has 0 atom stereocenters. The maximum absolute atomic E-state index is 12.6. The van der Waals surface area contributed by atoms with Gasteiger partial charge in [-0.15, -0.1) is 6.58 Å². The summed E-state index contributed by atoms with van der Waals surface area (Å²) >= 11 is 6.69. The first-order valence-corrected chi connectivity index (χ1v) is 9.83. The highest BCUT2D eigenvalue weighted by Crippen LogP contribution is 2.40. The number of hydrogen-bond acceptors (Lipinski definition) is 4. The molecule has 0 spiro atoms. The predicted molar refractivity (Wildman–Crippen MR) is 117 cm³/mol. The Morgan fingerprint density at radius 2 is 2.00 bits per heavy atom. The lowest BCUT2D eigenvalue weighted by Crippen LogP contribution is -2.42. The van der Waals surface area contributed by atoms with E-state index in [1.54, 1.807) is 11.0 Å². The molecule has 5 heteroatoms. The van der Waals surface area contributed by atoms with Crippen molar-refractivity contribution in [1.29, 1.82) is 0 Å². The molecule has 0 N–H and O–H groups in total. The van der Waals surface area contributed by atoms with Gasteiger partial charge >= 0.3 is 0 Å². The minimum atomic E-state index is -0.0393. The fourth-order valence-electron chi connectivity index (χ4n) is 3.40. The quantitative estimate of drug-likeness (QED) is 0.415. The first kappa shape index (κ1) is 18.9. The molecule has 0 aliphatic carbocycles. The molecule has 2 heterocycles. The number of allylic oxidation sites excluding steroid dienone is 1. The molecule has 0 aromatic heterocycles. The van der Waals surface area contributed by atoms with Crippen molar-refractivity contribution < 1.29 is 4.79 Å². The third kappa shape index (κ3) is 3.14. The highest BCUT2D eigenvalue weighted by atomic mass is 32.2. The average molecular weight is 385 g/mol. The standard InChI is InChI=1S/C21H24N2OS2/c1-7-8-23-19(24)18(26-20(23)25)11-15-10-16-14(3)12-21(4,5)22(6)17(16)9-13(15)2/h7,9-12H,1,8H2,2-6H3/b18-11+. The fourth-order valence-corrected chi connectivity index (χ4v) is 4.67. The van der Waals surface area contributed by atoms with Crippen LogP contribution in [-0.2, 0) is 4.79 Å². The van der Waals surface area contributed by atoms with Gasteiger partial charge in [-0.1, -0.05) is 36.1 Å². The number of fused-ring (bicyclic) bond motifs is 1. The lowest BCUT2D eigenvalue weighted by atomic mass is 9.87. The molecular weight excluding hydrogens is 360 g/mol. The summed E-state index contributed by atoms with van der Waals surface area (Å²) in [5, 5.41) is 0. The molecule has 1 fully saturated rings. The molecule has 0 saturated carbocycles. The van der Waals surface area contributed by atoms with Crippen LogP contribution in [0.2, 0.25) is 0 Å². The van der Waals surface area contributed by atoms with Crippen LogP contribution < -0.4 is 4.90 Å². The van der Waals surface area contributed by atoms with Gasteiger partial charge in [0.05, 0.1) is 10.4 Å². The second-order valence-corrected chi connectivity index (χ2v) is 9.02. The zero-order valence-electron chi connectivity index (χ0n) is 15.9. The molecule has 136 valence electrons. The van der Waals surface area contributed by atoms with E-state index in [2.05, 4.69) is 64.4 Å². The summed E-state index contributed by atoms with van der Waals surface area (Å²) in [5.41, 5.74) is 5.89. The van der Waals surface area contributed by atoms with Crippen LogP contribution in [0, 0.1) is 6.92 Å². The fraction of sp³-hybridized carbons (Fsp3) is 0.333. The Hall–Kier alpha value is -1.85. The van der Waals surface area contributed by atoms with Crippen molar-refractivity contribution in [3.63, 3.8) is 0 Å². The van der Waals surface area contributed by atoms with Crippen molar-refractivity contribution >= 4 is 51.5 Å². The van der Waals surface area contributed by atoms with Crippen molar-refractivity contribution in [2.75, 3.05) is 18.5 Å². The van der Waals surface area contributed by atoms with Crippen molar-refractivity contribution in [1.82, 2.24) is 4.90 Å². The second kappa shape index (κ2) is 6.71. The van der Waals surface area contributed by atoms with Crippen molar-refractivity contribution in [3.8, 4) is 0 Å². The smallest absolute Gasteiger partial charge is 0.266 e. The summed E-state index contributed by atoms with van der Waals surface area (Å²) < 4.78 is 0.592. The largest absolute Gasteiger partial charge is 0.365 e. The van der Waals surface area contributed by atoms with Crippen LogP contribution in [-0.4, -0.2) is 34.3 Å². The van der Waals surface area contributed by atoms with Gasteiger partial charge in [0.2, 0.25) is 0 Å². The molecule has 1 aromatic rings. The van der Waals surface area contributed by atoms with Crippen LogP contribution in [0.3, 0.4) is 0 Å². The first-order chi connectivity index (χ1) is 12.2. The average Bonchev–Trinajstić information content (AvgIpc) is 2.82. The van der Waals surface area contributed by atoms with E-state index >= 15 is 0 Å². The molecular formula is C21H24N2OS2. The number of aryl methyl sites for hydroxylation is 1. The molecule has 26 heavy (non-hydrogen) atoms. The van der Waals surface area contributed by atoms with Gasteiger partial charge in [-0.25, -0.2) is 0 Å². The van der Waals surface area contributed by atoms with Crippen molar-refractivity contribution in [3.05, 3.63) is 52.5 Å². The molecule has 0 radical (unpaired) electrons. The number of thioether (sulfide) groups is 1. The Bertz CT molecular complexity index is 880. The second-order valence-electron chi connectivity index (χ2n) is 7.35.